The van der Waals surface area contributed by atoms with Crippen molar-refractivity contribution < 1.29 is 9.21 Å². The average molecular weight is 337 g/mol. The maximum Gasteiger partial charge on any atom is 0.417 e. The highest BCUT2D eigenvalue weighted by Crippen LogP contribution is 2.24. The largest absolute Gasteiger partial charge is 0.417 e. The van der Waals surface area contributed by atoms with Crippen LogP contribution in [0, 0.1) is 0 Å². The van der Waals surface area contributed by atoms with E-state index in [1.165, 1.54) is 0 Å². The van der Waals surface area contributed by atoms with Crippen LogP contribution in [-0.4, -0.2) is 23.5 Å². The fourth-order valence-corrected chi connectivity index (χ4v) is 3.18. The summed E-state index contributed by atoms with van der Waals surface area (Å²) in [4.78, 5) is 26.2. The van der Waals surface area contributed by atoms with E-state index < -0.39 is 5.76 Å². The van der Waals surface area contributed by atoms with Crippen molar-refractivity contribution in [3.05, 3.63) is 53.0 Å². The summed E-state index contributed by atoms with van der Waals surface area (Å²) < 4.78 is 5.01. The maximum atomic E-state index is 12.3. The Labute approximate surface area is 144 Å². The molecule has 3 N–H and O–H groups in total. The van der Waals surface area contributed by atoms with Crippen LogP contribution in [0.1, 0.15) is 19.3 Å². The summed E-state index contributed by atoms with van der Waals surface area (Å²) in [6.07, 6.45) is 3.10. The van der Waals surface area contributed by atoms with Crippen LogP contribution in [0.4, 0.5) is 5.69 Å². The Balaban J connectivity index is 1.50. The van der Waals surface area contributed by atoms with Crippen LogP contribution in [0.2, 0.25) is 0 Å². The molecule has 2 aromatic carbocycles. The van der Waals surface area contributed by atoms with Gasteiger partial charge in [0.15, 0.2) is 5.58 Å². The number of oxazole rings is 1. The number of H-pyrrole nitrogens is 1. The molecule has 1 atom stereocenters. The van der Waals surface area contributed by atoms with E-state index in [2.05, 4.69) is 15.6 Å². The summed E-state index contributed by atoms with van der Waals surface area (Å²) in [5, 5.41) is 6.20. The molecule has 1 aromatic heterocycles. The summed E-state index contributed by atoms with van der Waals surface area (Å²) in [5.41, 5.74) is 3.95. The van der Waals surface area contributed by atoms with Crippen LogP contribution in [0.25, 0.3) is 22.2 Å². The average Bonchev–Trinajstić information content (AvgIpc) is 3.02. The van der Waals surface area contributed by atoms with Gasteiger partial charge in [-0.3, -0.25) is 9.78 Å². The van der Waals surface area contributed by atoms with Gasteiger partial charge < -0.3 is 15.1 Å². The van der Waals surface area contributed by atoms with Gasteiger partial charge in [0, 0.05) is 5.69 Å². The predicted molar refractivity (Wildman–Crippen MR) is 96.5 cm³/mol. The molecule has 4 rings (SSSR count). The molecule has 0 bridgehead atoms. The van der Waals surface area contributed by atoms with E-state index in [1.807, 2.05) is 36.4 Å². The molecule has 6 nitrogen and oxygen atoms in total. The number of piperidine rings is 1. The Morgan fingerprint density at radius 2 is 1.88 bits per heavy atom. The van der Waals surface area contributed by atoms with Crippen molar-refractivity contribution in [2.45, 2.75) is 25.3 Å². The molecular weight excluding hydrogens is 318 g/mol. The number of carbonyl (C=O) groups is 1. The number of hydrogen-bond donors (Lipinski definition) is 3. The molecule has 3 aromatic rings. The summed E-state index contributed by atoms with van der Waals surface area (Å²) >= 11 is 0. The van der Waals surface area contributed by atoms with Crippen LogP contribution < -0.4 is 16.4 Å². The second kappa shape index (κ2) is 6.57. The first-order chi connectivity index (χ1) is 12.2. The highest BCUT2D eigenvalue weighted by Gasteiger charge is 2.20. The van der Waals surface area contributed by atoms with E-state index in [9.17, 15) is 9.59 Å². The number of carbonyl (C=O) groups excluding carboxylic acids is 1. The molecule has 1 aliphatic heterocycles. The van der Waals surface area contributed by atoms with Crippen LogP contribution in [0.3, 0.4) is 0 Å². The number of hydrogen-bond acceptors (Lipinski definition) is 4. The van der Waals surface area contributed by atoms with Crippen molar-refractivity contribution in [2.24, 2.45) is 0 Å². The first-order valence-corrected chi connectivity index (χ1v) is 8.47. The smallest absolute Gasteiger partial charge is 0.408 e. The molecule has 1 fully saturated rings. The third kappa shape index (κ3) is 3.34. The van der Waals surface area contributed by atoms with Crippen molar-refractivity contribution in [3.63, 3.8) is 0 Å². The zero-order chi connectivity index (χ0) is 17.2. The van der Waals surface area contributed by atoms with Gasteiger partial charge in [0.2, 0.25) is 5.91 Å². The van der Waals surface area contributed by atoms with E-state index in [1.54, 1.807) is 6.07 Å². The maximum absolute atomic E-state index is 12.3. The molecular formula is C19H19N3O3. The second-order valence-electron chi connectivity index (χ2n) is 6.29. The van der Waals surface area contributed by atoms with E-state index >= 15 is 0 Å². The Kier molecular flexibility index (Phi) is 4.11. The molecule has 0 radical (unpaired) electrons. The zero-order valence-electron chi connectivity index (χ0n) is 13.7. The number of anilines is 1. The summed E-state index contributed by atoms with van der Waals surface area (Å²) in [6.45, 7) is 0.898. The van der Waals surface area contributed by atoms with Gasteiger partial charge in [-0.1, -0.05) is 24.6 Å². The molecule has 25 heavy (non-hydrogen) atoms. The van der Waals surface area contributed by atoms with Crippen molar-refractivity contribution in [3.8, 4) is 11.1 Å². The van der Waals surface area contributed by atoms with E-state index in [4.69, 9.17) is 4.42 Å². The Hall–Kier alpha value is -2.86. The van der Waals surface area contributed by atoms with Gasteiger partial charge in [0.25, 0.3) is 0 Å². The van der Waals surface area contributed by atoms with Gasteiger partial charge in [-0.05, 0) is 54.8 Å². The third-order valence-electron chi connectivity index (χ3n) is 4.53. The van der Waals surface area contributed by atoms with Crippen LogP contribution in [-0.2, 0) is 4.79 Å². The van der Waals surface area contributed by atoms with Gasteiger partial charge in [-0.25, -0.2) is 4.79 Å². The second-order valence-corrected chi connectivity index (χ2v) is 6.29. The first-order valence-electron chi connectivity index (χ1n) is 8.47. The van der Waals surface area contributed by atoms with E-state index in [0.29, 0.717) is 11.1 Å². The number of nitrogens with one attached hydrogen (secondary N) is 3. The molecule has 1 unspecified atom stereocenters. The Morgan fingerprint density at radius 3 is 2.64 bits per heavy atom. The number of aromatic nitrogens is 1. The lowest BCUT2D eigenvalue weighted by Crippen LogP contribution is -2.43. The summed E-state index contributed by atoms with van der Waals surface area (Å²) in [7, 11) is 0. The minimum Gasteiger partial charge on any atom is -0.408 e. The molecule has 0 saturated carbocycles. The number of benzene rings is 2. The fraction of sp³-hybridized carbons (Fsp3) is 0.263. The molecule has 0 aliphatic carbocycles. The lowest BCUT2D eigenvalue weighted by Gasteiger charge is -2.22. The molecule has 1 amide bonds. The summed E-state index contributed by atoms with van der Waals surface area (Å²) in [6, 6.07) is 13.1. The predicted octanol–water partition coefficient (Wildman–Crippen LogP) is 2.87. The zero-order valence-corrected chi connectivity index (χ0v) is 13.7. The minimum atomic E-state index is -0.457. The number of rotatable bonds is 3. The Bertz CT molecular complexity index is 950. The van der Waals surface area contributed by atoms with Gasteiger partial charge in [-0.15, -0.1) is 0 Å². The number of fused-ring (bicyclic) bond motifs is 1. The normalized spacial score (nSPS) is 17.5. The quantitative estimate of drug-likeness (QED) is 0.686. The van der Waals surface area contributed by atoms with Crippen molar-refractivity contribution in [1.29, 1.82) is 0 Å². The van der Waals surface area contributed by atoms with Crippen LogP contribution in [0.15, 0.2) is 51.7 Å². The fourth-order valence-electron chi connectivity index (χ4n) is 3.18. The third-order valence-corrected chi connectivity index (χ3v) is 4.53. The molecule has 0 spiro atoms. The van der Waals surface area contributed by atoms with Crippen LogP contribution >= 0.6 is 0 Å². The monoisotopic (exact) mass is 337 g/mol. The highest BCUT2D eigenvalue weighted by atomic mass is 16.4. The van der Waals surface area contributed by atoms with Gasteiger partial charge in [-0.2, -0.15) is 0 Å². The molecule has 128 valence electrons. The van der Waals surface area contributed by atoms with Gasteiger partial charge >= 0.3 is 5.76 Å². The van der Waals surface area contributed by atoms with Gasteiger partial charge in [0.05, 0.1) is 11.6 Å². The SMILES string of the molecule is O=C(Nc1ccc(-c2ccc3oc(=O)[nH]c3c2)cc1)C1CCCCN1. The molecule has 1 saturated heterocycles. The summed E-state index contributed by atoms with van der Waals surface area (Å²) in [5.74, 6) is -0.439. The van der Waals surface area contributed by atoms with Crippen molar-refractivity contribution in [1.82, 2.24) is 10.3 Å². The highest BCUT2D eigenvalue weighted by molar-refractivity contribution is 5.95. The number of aromatic amines is 1. The molecule has 2 heterocycles. The van der Waals surface area contributed by atoms with Gasteiger partial charge in [0.1, 0.15) is 0 Å². The standard InChI is InChI=1S/C19H19N3O3/c23-18(15-3-1-2-10-20-15)21-14-7-4-12(5-8-14)13-6-9-17-16(11-13)22-19(24)25-17/h4-9,11,15,20H,1-3,10H2,(H,21,23)(H,22,24). The molecule has 1 aliphatic rings. The van der Waals surface area contributed by atoms with Crippen LogP contribution in [0.5, 0.6) is 0 Å². The topological polar surface area (TPSA) is 87.1 Å². The van der Waals surface area contributed by atoms with Crippen molar-refractivity contribution >= 4 is 22.7 Å². The van der Waals surface area contributed by atoms with E-state index in [-0.39, 0.29) is 11.9 Å². The van der Waals surface area contributed by atoms with Crippen molar-refractivity contribution in [2.75, 3.05) is 11.9 Å². The minimum absolute atomic E-state index is 0.0184. The lowest BCUT2D eigenvalue weighted by molar-refractivity contribution is -0.118. The molecule has 6 heteroatoms. The first kappa shape index (κ1) is 15.7. The van der Waals surface area contributed by atoms with E-state index in [0.717, 1.165) is 42.6 Å². The Morgan fingerprint density at radius 1 is 1.08 bits per heavy atom. The lowest BCUT2D eigenvalue weighted by atomic mass is 10.0. The number of amides is 1.